The quantitative estimate of drug-likeness (QED) is 0.743. The molecule has 1 amide bonds. The van der Waals surface area contributed by atoms with Crippen LogP contribution in [0.25, 0.3) is 16.8 Å². The maximum absolute atomic E-state index is 13.2. The van der Waals surface area contributed by atoms with E-state index in [-0.39, 0.29) is 22.8 Å². The Morgan fingerprint density at radius 1 is 1.24 bits per heavy atom. The molecular weight excluding hydrogens is 368 g/mol. The molecule has 0 aromatic carbocycles. The van der Waals surface area contributed by atoms with Gasteiger partial charge in [0.1, 0.15) is 17.0 Å². The Balaban J connectivity index is 1.62. The van der Waals surface area contributed by atoms with Crippen LogP contribution in [0.5, 0.6) is 0 Å². The van der Waals surface area contributed by atoms with Crippen LogP contribution in [0.1, 0.15) is 24.8 Å². The number of aromatic nitrogens is 3. The maximum atomic E-state index is 13.2. The number of carbonyl (C=O) groups is 1. The molecule has 5 rings (SSSR count). The minimum Gasteiger partial charge on any atom is -0.360 e. The first-order valence-electron chi connectivity index (χ1n) is 9.42. The Hall–Kier alpha value is -3.91. The standard InChI is InChI=1S/C21H16N6O2/c22-10-15-18(28)4-6-24-19(15)13-9-17-16(3-7-25-27(17)11-13)26-8-5-21(12-23,20(26)29)14-1-2-14/h3-4,6-7,9,11,14H,1-2,5,8H2,(H,24,28)/t21-/m1/s1. The van der Waals surface area contributed by atoms with Crippen molar-refractivity contribution in [2.75, 3.05) is 11.4 Å². The number of carbonyl (C=O) groups excluding carboxylic acids is 1. The number of anilines is 1. The first-order valence-corrected chi connectivity index (χ1v) is 9.42. The van der Waals surface area contributed by atoms with E-state index in [0.717, 1.165) is 12.8 Å². The molecule has 1 aliphatic carbocycles. The van der Waals surface area contributed by atoms with Crippen LogP contribution in [0.2, 0.25) is 0 Å². The average Bonchev–Trinajstić information content (AvgIpc) is 3.40. The number of nitriles is 2. The smallest absolute Gasteiger partial charge is 0.247 e. The van der Waals surface area contributed by atoms with E-state index >= 15 is 0 Å². The molecule has 0 spiro atoms. The second kappa shape index (κ2) is 6.05. The van der Waals surface area contributed by atoms with Gasteiger partial charge in [-0.25, -0.2) is 4.52 Å². The van der Waals surface area contributed by atoms with Gasteiger partial charge in [0.15, 0.2) is 5.43 Å². The fraction of sp³-hybridized carbons (Fsp3) is 0.286. The Morgan fingerprint density at radius 3 is 2.79 bits per heavy atom. The third kappa shape index (κ3) is 2.39. The molecule has 1 atom stereocenters. The second-order valence-corrected chi connectivity index (χ2v) is 7.54. The van der Waals surface area contributed by atoms with Gasteiger partial charge in [-0.15, -0.1) is 0 Å². The lowest BCUT2D eigenvalue weighted by Gasteiger charge is -2.21. The summed E-state index contributed by atoms with van der Waals surface area (Å²) in [5.41, 5.74) is 1.13. The van der Waals surface area contributed by atoms with Crippen LogP contribution in [-0.2, 0) is 4.79 Å². The zero-order valence-electron chi connectivity index (χ0n) is 15.4. The Bertz CT molecular complexity index is 1300. The lowest BCUT2D eigenvalue weighted by molar-refractivity contribution is -0.123. The molecule has 29 heavy (non-hydrogen) atoms. The number of rotatable bonds is 3. The van der Waals surface area contributed by atoms with E-state index in [2.05, 4.69) is 16.2 Å². The van der Waals surface area contributed by atoms with Gasteiger partial charge >= 0.3 is 0 Å². The molecule has 2 fully saturated rings. The maximum Gasteiger partial charge on any atom is 0.247 e. The summed E-state index contributed by atoms with van der Waals surface area (Å²) in [5, 5.41) is 23.4. The number of aromatic amines is 1. The van der Waals surface area contributed by atoms with Crippen molar-refractivity contribution in [3.63, 3.8) is 0 Å². The average molecular weight is 384 g/mol. The zero-order chi connectivity index (χ0) is 20.2. The minimum atomic E-state index is -0.922. The van der Waals surface area contributed by atoms with Crippen molar-refractivity contribution in [3.05, 3.63) is 52.6 Å². The fourth-order valence-corrected chi connectivity index (χ4v) is 4.30. The van der Waals surface area contributed by atoms with E-state index in [9.17, 15) is 20.1 Å². The van der Waals surface area contributed by atoms with Crippen molar-refractivity contribution in [2.24, 2.45) is 11.3 Å². The SMILES string of the molecule is N#Cc1c(-c2cc3c(N4CC[C@@](C#N)(C5CC5)C4=O)ccnn3c2)[nH]ccc1=O. The summed E-state index contributed by atoms with van der Waals surface area (Å²) in [6.45, 7) is 0.481. The molecule has 3 aromatic heterocycles. The van der Waals surface area contributed by atoms with Crippen LogP contribution in [0, 0.1) is 34.0 Å². The van der Waals surface area contributed by atoms with Crippen LogP contribution in [0.4, 0.5) is 5.69 Å². The van der Waals surface area contributed by atoms with Gasteiger partial charge in [-0.05, 0) is 37.3 Å². The summed E-state index contributed by atoms with van der Waals surface area (Å²) in [4.78, 5) is 29.8. The lowest BCUT2D eigenvalue weighted by Crippen LogP contribution is -2.35. The van der Waals surface area contributed by atoms with Gasteiger partial charge in [0.2, 0.25) is 5.91 Å². The van der Waals surface area contributed by atoms with Crippen molar-refractivity contribution in [3.8, 4) is 23.4 Å². The molecule has 0 bridgehead atoms. The molecule has 8 nitrogen and oxygen atoms in total. The number of fused-ring (bicyclic) bond motifs is 1. The van der Waals surface area contributed by atoms with Gasteiger partial charge in [-0.1, -0.05) is 0 Å². The molecule has 1 N–H and O–H groups in total. The van der Waals surface area contributed by atoms with Crippen molar-refractivity contribution in [1.82, 2.24) is 14.6 Å². The fourth-order valence-electron chi connectivity index (χ4n) is 4.30. The van der Waals surface area contributed by atoms with Gasteiger partial charge in [0.25, 0.3) is 0 Å². The van der Waals surface area contributed by atoms with Crippen LogP contribution >= 0.6 is 0 Å². The highest BCUT2D eigenvalue weighted by molar-refractivity contribution is 6.05. The predicted molar refractivity (Wildman–Crippen MR) is 104 cm³/mol. The third-order valence-corrected chi connectivity index (χ3v) is 5.97. The molecular formula is C21H16N6O2. The summed E-state index contributed by atoms with van der Waals surface area (Å²) < 4.78 is 1.62. The number of nitrogens with one attached hydrogen (secondary N) is 1. The monoisotopic (exact) mass is 384 g/mol. The van der Waals surface area contributed by atoms with Crippen LogP contribution < -0.4 is 10.3 Å². The van der Waals surface area contributed by atoms with Crippen molar-refractivity contribution in [1.29, 1.82) is 10.5 Å². The minimum absolute atomic E-state index is 0.0273. The molecule has 1 saturated carbocycles. The van der Waals surface area contributed by atoms with Crippen molar-refractivity contribution < 1.29 is 4.79 Å². The highest BCUT2D eigenvalue weighted by Crippen LogP contribution is 2.52. The van der Waals surface area contributed by atoms with Crippen molar-refractivity contribution in [2.45, 2.75) is 19.3 Å². The summed E-state index contributed by atoms with van der Waals surface area (Å²) in [5.74, 6) is 0.00182. The third-order valence-electron chi connectivity index (χ3n) is 5.97. The van der Waals surface area contributed by atoms with Crippen LogP contribution in [0.3, 0.4) is 0 Å². The summed E-state index contributed by atoms with van der Waals surface area (Å²) in [6.07, 6.45) is 7.18. The first kappa shape index (κ1) is 17.2. The van der Waals surface area contributed by atoms with E-state index < -0.39 is 5.41 Å². The van der Waals surface area contributed by atoms with Crippen LogP contribution in [0.15, 0.2) is 41.6 Å². The highest BCUT2D eigenvalue weighted by Gasteiger charge is 2.57. The van der Waals surface area contributed by atoms with Gasteiger partial charge in [-0.2, -0.15) is 15.6 Å². The Morgan fingerprint density at radius 2 is 2.07 bits per heavy atom. The van der Waals surface area contributed by atoms with E-state index in [1.165, 1.54) is 12.3 Å². The molecule has 1 aliphatic heterocycles. The number of pyridine rings is 1. The van der Waals surface area contributed by atoms with E-state index in [1.807, 2.05) is 6.07 Å². The summed E-state index contributed by atoms with van der Waals surface area (Å²) >= 11 is 0. The van der Waals surface area contributed by atoms with E-state index in [4.69, 9.17) is 0 Å². The number of amides is 1. The molecule has 3 aromatic rings. The van der Waals surface area contributed by atoms with E-state index in [0.29, 0.717) is 35.4 Å². The Labute approximate surface area is 165 Å². The summed E-state index contributed by atoms with van der Waals surface area (Å²) in [6, 6.07) is 9.11. The molecule has 2 aliphatic rings. The van der Waals surface area contributed by atoms with Gasteiger partial charge in [-0.3, -0.25) is 9.59 Å². The number of nitrogens with zero attached hydrogens (tertiary/aromatic N) is 5. The molecule has 4 heterocycles. The topological polar surface area (TPSA) is 118 Å². The highest BCUT2D eigenvalue weighted by atomic mass is 16.2. The molecule has 0 radical (unpaired) electrons. The van der Waals surface area contributed by atoms with Crippen LogP contribution in [-0.4, -0.2) is 27.0 Å². The number of H-pyrrole nitrogens is 1. The van der Waals surface area contributed by atoms with Gasteiger partial charge < -0.3 is 9.88 Å². The molecule has 1 saturated heterocycles. The normalized spacial score (nSPS) is 21.3. The number of hydrogen-bond acceptors (Lipinski definition) is 5. The van der Waals surface area contributed by atoms with Gasteiger partial charge in [0, 0.05) is 36.8 Å². The molecule has 0 unspecified atom stereocenters. The summed E-state index contributed by atoms with van der Waals surface area (Å²) in [7, 11) is 0. The predicted octanol–water partition coefficient (Wildman–Crippen LogP) is 2.22. The molecule has 142 valence electrons. The number of hydrogen-bond donors (Lipinski definition) is 1. The molecule has 8 heteroatoms. The first-order chi connectivity index (χ1) is 14.1. The van der Waals surface area contributed by atoms with Crippen molar-refractivity contribution >= 4 is 17.1 Å². The van der Waals surface area contributed by atoms with Gasteiger partial charge in [0.05, 0.1) is 23.0 Å². The Kier molecular flexibility index (Phi) is 3.59. The van der Waals surface area contributed by atoms with E-state index in [1.54, 1.807) is 33.9 Å². The lowest BCUT2D eigenvalue weighted by atomic mass is 9.83. The largest absolute Gasteiger partial charge is 0.360 e. The second-order valence-electron chi connectivity index (χ2n) is 7.54. The zero-order valence-corrected chi connectivity index (χ0v) is 15.4.